The SMILES string of the molecule is CN1CC[C@@H]2CCN(C(=O)Nc3cccc(C(=O)Nc4cccc(F)c4)c3)[C@@H]2C1. The van der Waals surface area contributed by atoms with Crippen molar-refractivity contribution in [3.05, 3.63) is 59.9 Å². The fraction of sp³-hybridized carbons (Fsp3) is 0.364. The maximum atomic E-state index is 13.3. The van der Waals surface area contributed by atoms with Gasteiger partial charge in [-0.1, -0.05) is 12.1 Å². The number of nitrogens with one attached hydrogen (secondary N) is 2. The van der Waals surface area contributed by atoms with Crippen LogP contribution in [-0.4, -0.2) is 54.5 Å². The number of halogens is 1. The Morgan fingerprint density at radius 3 is 2.52 bits per heavy atom. The van der Waals surface area contributed by atoms with Gasteiger partial charge < -0.3 is 20.4 Å². The molecule has 2 aromatic rings. The Kier molecular flexibility index (Phi) is 5.49. The van der Waals surface area contributed by atoms with E-state index in [2.05, 4.69) is 22.6 Å². The van der Waals surface area contributed by atoms with Gasteiger partial charge >= 0.3 is 6.03 Å². The lowest BCUT2D eigenvalue weighted by molar-refractivity contribution is 0.102. The number of carbonyl (C=O) groups excluding carboxylic acids is 2. The van der Waals surface area contributed by atoms with Crippen LogP contribution in [0.3, 0.4) is 0 Å². The Morgan fingerprint density at radius 1 is 1.00 bits per heavy atom. The molecule has 2 saturated heterocycles. The second-order valence-electron chi connectivity index (χ2n) is 7.84. The van der Waals surface area contributed by atoms with Gasteiger partial charge in [0.1, 0.15) is 5.82 Å². The van der Waals surface area contributed by atoms with Crippen molar-refractivity contribution in [3.8, 4) is 0 Å². The Bertz CT molecular complexity index is 919. The van der Waals surface area contributed by atoms with Crippen LogP contribution >= 0.6 is 0 Å². The van der Waals surface area contributed by atoms with E-state index < -0.39 is 5.82 Å². The van der Waals surface area contributed by atoms with Crippen LogP contribution in [-0.2, 0) is 0 Å². The molecule has 6 nitrogen and oxygen atoms in total. The number of anilines is 2. The quantitative estimate of drug-likeness (QED) is 0.833. The number of nitrogens with zero attached hydrogens (tertiary/aromatic N) is 2. The fourth-order valence-corrected chi connectivity index (χ4v) is 4.25. The lowest BCUT2D eigenvalue weighted by Gasteiger charge is -2.36. The summed E-state index contributed by atoms with van der Waals surface area (Å²) in [6, 6.07) is 12.6. The van der Waals surface area contributed by atoms with Crippen molar-refractivity contribution in [1.82, 2.24) is 9.80 Å². The smallest absolute Gasteiger partial charge is 0.322 e. The number of likely N-dealkylation sites (tertiary alicyclic amines) is 2. The van der Waals surface area contributed by atoms with Crippen LogP contribution in [0.4, 0.5) is 20.6 Å². The van der Waals surface area contributed by atoms with E-state index in [-0.39, 0.29) is 18.0 Å². The molecule has 0 aliphatic carbocycles. The third kappa shape index (κ3) is 4.40. The number of benzene rings is 2. The van der Waals surface area contributed by atoms with Crippen molar-refractivity contribution in [2.45, 2.75) is 18.9 Å². The minimum Gasteiger partial charge on any atom is -0.322 e. The third-order valence-electron chi connectivity index (χ3n) is 5.78. The number of hydrogen-bond acceptors (Lipinski definition) is 3. The van der Waals surface area contributed by atoms with Gasteiger partial charge in [0.2, 0.25) is 0 Å². The van der Waals surface area contributed by atoms with E-state index in [1.807, 2.05) is 4.90 Å². The summed E-state index contributed by atoms with van der Waals surface area (Å²) in [6.07, 6.45) is 2.17. The van der Waals surface area contributed by atoms with Crippen LogP contribution in [0.5, 0.6) is 0 Å². The Morgan fingerprint density at radius 2 is 1.72 bits per heavy atom. The number of fused-ring (bicyclic) bond motifs is 1. The monoisotopic (exact) mass is 396 g/mol. The molecule has 3 amide bonds. The molecular weight excluding hydrogens is 371 g/mol. The second kappa shape index (κ2) is 8.21. The fourth-order valence-electron chi connectivity index (χ4n) is 4.25. The summed E-state index contributed by atoms with van der Waals surface area (Å²) in [5.41, 5.74) is 1.34. The van der Waals surface area contributed by atoms with Crippen molar-refractivity contribution in [2.24, 2.45) is 5.92 Å². The topological polar surface area (TPSA) is 64.7 Å². The van der Waals surface area contributed by atoms with E-state index in [0.717, 1.165) is 32.5 Å². The molecule has 2 atom stereocenters. The first-order valence-electron chi connectivity index (χ1n) is 9.93. The molecular formula is C22H25FN4O2. The van der Waals surface area contributed by atoms with E-state index in [1.54, 1.807) is 30.3 Å². The van der Waals surface area contributed by atoms with E-state index in [4.69, 9.17) is 0 Å². The number of rotatable bonds is 3. The summed E-state index contributed by atoms with van der Waals surface area (Å²) < 4.78 is 13.3. The molecule has 0 aromatic heterocycles. The van der Waals surface area contributed by atoms with Gasteiger partial charge in [-0.25, -0.2) is 9.18 Å². The molecule has 0 spiro atoms. The molecule has 152 valence electrons. The van der Waals surface area contributed by atoms with Crippen molar-refractivity contribution in [3.63, 3.8) is 0 Å². The van der Waals surface area contributed by atoms with E-state index >= 15 is 0 Å². The molecule has 2 aliphatic heterocycles. The number of piperidine rings is 1. The molecule has 2 heterocycles. The van der Waals surface area contributed by atoms with Gasteiger partial charge in [-0.05, 0) is 68.8 Å². The molecule has 29 heavy (non-hydrogen) atoms. The number of carbonyl (C=O) groups is 2. The third-order valence-corrected chi connectivity index (χ3v) is 5.78. The summed E-state index contributed by atoms with van der Waals surface area (Å²) in [6.45, 7) is 2.74. The summed E-state index contributed by atoms with van der Waals surface area (Å²) in [5.74, 6) is -0.205. The minimum absolute atomic E-state index is 0.129. The van der Waals surface area contributed by atoms with Gasteiger partial charge in [0.25, 0.3) is 5.91 Å². The zero-order valence-corrected chi connectivity index (χ0v) is 16.4. The van der Waals surface area contributed by atoms with Gasteiger partial charge in [-0.3, -0.25) is 4.79 Å². The number of amides is 3. The van der Waals surface area contributed by atoms with Gasteiger partial charge in [0.15, 0.2) is 0 Å². The summed E-state index contributed by atoms with van der Waals surface area (Å²) in [4.78, 5) is 29.5. The lowest BCUT2D eigenvalue weighted by atomic mass is 9.92. The maximum Gasteiger partial charge on any atom is 0.322 e. The molecule has 2 fully saturated rings. The van der Waals surface area contributed by atoms with Crippen LogP contribution in [0.2, 0.25) is 0 Å². The molecule has 0 saturated carbocycles. The van der Waals surface area contributed by atoms with Crippen molar-refractivity contribution in [2.75, 3.05) is 37.3 Å². The van der Waals surface area contributed by atoms with Crippen LogP contribution in [0.15, 0.2) is 48.5 Å². The highest BCUT2D eigenvalue weighted by atomic mass is 19.1. The predicted octanol–water partition coefficient (Wildman–Crippen LogP) is 3.64. The van der Waals surface area contributed by atoms with Crippen LogP contribution in [0.1, 0.15) is 23.2 Å². The van der Waals surface area contributed by atoms with Gasteiger partial charge in [-0.15, -0.1) is 0 Å². The molecule has 2 aromatic carbocycles. The first kappa shape index (κ1) is 19.4. The summed E-state index contributed by atoms with van der Waals surface area (Å²) >= 11 is 0. The zero-order valence-electron chi connectivity index (χ0n) is 16.4. The predicted molar refractivity (Wildman–Crippen MR) is 111 cm³/mol. The number of hydrogen-bond donors (Lipinski definition) is 2. The maximum absolute atomic E-state index is 13.3. The summed E-state index contributed by atoms with van der Waals surface area (Å²) in [7, 11) is 2.09. The largest absolute Gasteiger partial charge is 0.322 e. The lowest BCUT2D eigenvalue weighted by Crippen LogP contribution is -2.49. The highest BCUT2D eigenvalue weighted by molar-refractivity contribution is 6.05. The van der Waals surface area contributed by atoms with Crippen LogP contribution < -0.4 is 10.6 Å². The summed E-state index contributed by atoms with van der Waals surface area (Å²) in [5, 5.41) is 5.60. The molecule has 0 unspecified atom stereocenters. The van der Waals surface area contributed by atoms with E-state index in [0.29, 0.717) is 22.9 Å². The Hall–Kier alpha value is -2.93. The molecule has 2 N–H and O–H groups in total. The van der Waals surface area contributed by atoms with Crippen molar-refractivity contribution >= 4 is 23.3 Å². The number of urea groups is 1. The molecule has 0 bridgehead atoms. The van der Waals surface area contributed by atoms with Gasteiger partial charge in [-0.2, -0.15) is 0 Å². The standard InChI is InChI=1S/C22H25FN4O2/c1-26-10-8-15-9-11-27(20(15)14-26)22(29)25-18-6-2-4-16(12-18)21(28)24-19-7-3-5-17(23)13-19/h2-7,12-13,15,20H,8-11,14H2,1H3,(H,24,28)(H,25,29)/t15-,20-/m1/s1. The Labute approximate surface area is 169 Å². The first-order chi connectivity index (χ1) is 14.0. The number of likely N-dealkylation sites (N-methyl/N-ethyl adjacent to an activating group) is 1. The highest BCUT2D eigenvalue weighted by Gasteiger charge is 2.39. The van der Waals surface area contributed by atoms with Gasteiger partial charge in [0.05, 0.1) is 0 Å². The van der Waals surface area contributed by atoms with Crippen molar-refractivity contribution in [1.29, 1.82) is 0 Å². The molecule has 7 heteroatoms. The molecule has 4 rings (SSSR count). The van der Waals surface area contributed by atoms with E-state index in [9.17, 15) is 14.0 Å². The Balaban J connectivity index is 1.42. The zero-order chi connectivity index (χ0) is 20.4. The van der Waals surface area contributed by atoms with Crippen LogP contribution in [0, 0.1) is 11.7 Å². The molecule has 0 radical (unpaired) electrons. The van der Waals surface area contributed by atoms with Gasteiger partial charge in [0, 0.05) is 36.1 Å². The second-order valence-corrected chi connectivity index (χ2v) is 7.84. The molecule has 2 aliphatic rings. The normalized spacial score (nSPS) is 21.5. The average molecular weight is 396 g/mol. The minimum atomic E-state index is -0.416. The highest BCUT2D eigenvalue weighted by Crippen LogP contribution is 2.31. The van der Waals surface area contributed by atoms with Crippen LogP contribution in [0.25, 0.3) is 0 Å². The van der Waals surface area contributed by atoms with E-state index in [1.165, 1.54) is 18.2 Å². The average Bonchev–Trinajstić information content (AvgIpc) is 3.11. The first-order valence-corrected chi connectivity index (χ1v) is 9.93. The van der Waals surface area contributed by atoms with Crippen molar-refractivity contribution < 1.29 is 14.0 Å².